The Morgan fingerprint density at radius 2 is 1.71 bits per heavy atom. The number of fused-ring (bicyclic) bond motifs is 1. The molecule has 8 heteroatoms. The molecule has 1 aliphatic rings. The zero-order valence-electron chi connectivity index (χ0n) is 17.9. The molecule has 2 heterocycles. The number of hydrogen-bond acceptors (Lipinski definition) is 6. The van der Waals surface area contributed by atoms with Gasteiger partial charge in [0.25, 0.3) is 0 Å². The van der Waals surface area contributed by atoms with Crippen LogP contribution in [0, 0.1) is 20.8 Å². The van der Waals surface area contributed by atoms with Gasteiger partial charge in [-0.25, -0.2) is 13.2 Å². The number of piperazine rings is 1. The second-order valence-corrected chi connectivity index (χ2v) is 10.0. The minimum Gasteiger partial charge on any atom is -0.508 e. The molecule has 1 saturated heterocycles. The Bertz CT molecular complexity index is 1310. The topological polar surface area (TPSA) is 91.1 Å². The first-order valence-corrected chi connectivity index (χ1v) is 11.7. The maximum absolute atomic E-state index is 13.1. The van der Waals surface area contributed by atoms with Crippen LogP contribution in [-0.4, -0.2) is 48.9 Å². The van der Waals surface area contributed by atoms with Gasteiger partial charge >= 0.3 is 5.63 Å². The molecule has 31 heavy (non-hydrogen) atoms. The first kappa shape index (κ1) is 21.5. The van der Waals surface area contributed by atoms with Crippen LogP contribution in [0.5, 0.6) is 5.75 Å². The maximum Gasteiger partial charge on any atom is 0.336 e. The van der Waals surface area contributed by atoms with E-state index in [9.17, 15) is 18.3 Å². The van der Waals surface area contributed by atoms with E-state index in [1.807, 2.05) is 26.0 Å². The molecule has 0 radical (unpaired) electrons. The van der Waals surface area contributed by atoms with Crippen molar-refractivity contribution >= 4 is 21.0 Å². The fourth-order valence-electron chi connectivity index (χ4n) is 4.14. The third-order valence-corrected chi connectivity index (χ3v) is 7.95. The van der Waals surface area contributed by atoms with E-state index in [1.54, 1.807) is 25.1 Å². The van der Waals surface area contributed by atoms with Crippen LogP contribution in [0.4, 0.5) is 0 Å². The summed E-state index contributed by atoms with van der Waals surface area (Å²) < 4.78 is 33.0. The van der Waals surface area contributed by atoms with E-state index in [-0.39, 0.29) is 5.75 Å². The minimum absolute atomic E-state index is 0.0815. The van der Waals surface area contributed by atoms with Crippen LogP contribution in [0.2, 0.25) is 0 Å². The molecule has 0 unspecified atom stereocenters. The molecule has 0 atom stereocenters. The molecule has 0 saturated carbocycles. The lowest BCUT2D eigenvalue weighted by molar-refractivity contribution is 0.182. The lowest BCUT2D eigenvalue weighted by Gasteiger charge is -2.34. The highest BCUT2D eigenvalue weighted by Gasteiger charge is 2.29. The number of phenolic OH excluding ortho intramolecular Hbond substituents is 1. The van der Waals surface area contributed by atoms with Gasteiger partial charge in [0.05, 0.1) is 4.90 Å². The molecule has 0 bridgehead atoms. The van der Waals surface area contributed by atoms with Crippen LogP contribution in [0.3, 0.4) is 0 Å². The number of aromatic hydroxyl groups is 1. The van der Waals surface area contributed by atoms with E-state index in [2.05, 4.69) is 4.90 Å². The van der Waals surface area contributed by atoms with Crippen molar-refractivity contribution in [3.8, 4) is 5.75 Å². The van der Waals surface area contributed by atoms with Crippen LogP contribution >= 0.6 is 0 Å². The van der Waals surface area contributed by atoms with Crippen molar-refractivity contribution in [2.24, 2.45) is 0 Å². The number of aryl methyl sites for hydroxylation is 3. The predicted molar refractivity (Wildman–Crippen MR) is 119 cm³/mol. The van der Waals surface area contributed by atoms with Crippen molar-refractivity contribution in [2.75, 3.05) is 26.2 Å². The van der Waals surface area contributed by atoms with Crippen molar-refractivity contribution in [2.45, 2.75) is 32.2 Å². The monoisotopic (exact) mass is 442 g/mol. The van der Waals surface area contributed by atoms with E-state index in [0.29, 0.717) is 48.8 Å². The van der Waals surface area contributed by atoms with Crippen molar-refractivity contribution in [3.63, 3.8) is 0 Å². The van der Waals surface area contributed by atoms with Gasteiger partial charge in [-0.1, -0.05) is 17.7 Å². The van der Waals surface area contributed by atoms with Crippen LogP contribution in [0.1, 0.15) is 22.3 Å². The minimum atomic E-state index is -3.54. The number of benzene rings is 2. The van der Waals surface area contributed by atoms with Crippen molar-refractivity contribution in [1.82, 2.24) is 9.21 Å². The normalized spacial score (nSPS) is 16.1. The Morgan fingerprint density at radius 1 is 1.00 bits per heavy atom. The third-order valence-electron chi connectivity index (χ3n) is 5.89. The van der Waals surface area contributed by atoms with Gasteiger partial charge in [0.2, 0.25) is 10.0 Å². The van der Waals surface area contributed by atoms with Crippen molar-refractivity contribution in [3.05, 3.63) is 69.1 Å². The van der Waals surface area contributed by atoms with Gasteiger partial charge in [-0.15, -0.1) is 0 Å². The maximum atomic E-state index is 13.1. The Morgan fingerprint density at radius 3 is 2.39 bits per heavy atom. The third kappa shape index (κ3) is 4.11. The van der Waals surface area contributed by atoms with Gasteiger partial charge < -0.3 is 9.52 Å². The average Bonchev–Trinajstić information content (AvgIpc) is 2.71. The summed E-state index contributed by atoms with van der Waals surface area (Å²) in [6.45, 7) is 7.86. The van der Waals surface area contributed by atoms with E-state index in [4.69, 9.17) is 4.42 Å². The molecule has 1 fully saturated rings. The summed E-state index contributed by atoms with van der Waals surface area (Å²) in [5.74, 6) is 0.0815. The van der Waals surface area contributed by atoms with Gasteiger partial charge in [0.1, 0.15) is 11.3 Å². The number of nitrogens with zero attached hydrogens (tertiary/aromatic N) is 2. The van der Waals surface area contributed by atoms with Gasteiger partial charge in [0.15, 0.2) is 0 Å². The van der Waals surface area contributed by atoms with E-state index in [1.165, 1.54) is 10.4 Å². The summed E-state index contributed by atoms with van der Waals surface area (Å²) in [4.78, 5) is 14.5. The number of hydrogen-bond donors (Lipinski definition) is 1. The molecule has 0 spiro atoms. The highest BCUT2D eigenvalue weighted by Crippen LogP contribution is 2.28. The Balaban J connectivity index is 1.53. The summed E-state index contributed by atoms with van der Waals surface area (Å²) in [6.07, 6.45) is 0. The number of sulfonamides is 1. The molecule has 0 aliphatic carbocycles. The highest BCUT2D eigenvalue weighted by molar-refractivity contribution is 7.89. The molecule has 3 aromatic rings. The molecule has 0 amide bonds. The predicted octanol–water partition coefficient (Wildman–Crippen LogP) is 2.93. The average molecular weight is 443 g/mol. The molecule has 4 rings (SSSR count). The molecule has 1 aliphatic heterocycles. The fraction of sp³-hybridized carbons (Fsp3) is 0.348. The summed E-state index contributed by atoms with van der Waals surface area (Å²) in [5.41, 5.74) is 3.04. The first-order valence-electron chi connectivity index (χ1n) is 10.2. The quantitative estimate of drug-likeness (QED) is 0.625. The van der Waals surface area contributed by atoms with Crippen molar-refractivity contribution < 1.29 is 17.9 Å². The second kappa shape index (κ2) is 8.11. The van der Waals surface area contributed by atoms with Crippen LogP contribution in [0.15, 0.2) is 50.5 Å². The Labute approximate surface area is 181 Å². The summed E-state index contributed by atoms with van der Waals surface area (Å²) in [6, 6.07) is 10.2. The van der Waals surface area contributed by atoms with Gasteiger partial charge in [0, 0.05) is 49.7 Å². The van der Waals surface area contributed by atoms with E-state index in [0.717, 1.165) is 22.1 Å². The number of rotatable bonds is 4. The molecule has 1 N–H and O–H groups in total. The van der Waals surface area contributed by atoms with Crippen LogP contribution in [0.25, 0.3) is 11.0 Å². The Kier molecular flexibility index (Phi) is 5.63. The van der Waals surface area contributed by atoms with Gasteiger partial charge in [-0.2, -0.15) is 4.31 Å². The van der Waals surface area contributed by atoms with E-state index < -0.39 is 15.6 Å². The zero-order valence-corrected chi connectivity index (χ0v) is 18.7. The smallest absolute Gasteiger partial charge is 0.336 e. The van der Waals surface area contributed by atoms with Gasteiger partial charge in [-0.05, 0) is 50.1 Å². The standard InChI is InChI=1S/C23H26N2O5S/c1-15-4-7-21(16(2)12-15)31(28,29)25-10-8-24(9-11-25)14-18-13-22(27)30-23-17(3)20(26)6-5-19(18)23/h4-7,12-13,26H,8-11,14H2,1-3H3. The lowest BCUT2D eigenvalue weighted by atomic mass is 10.1. The second-order valence-electron chi connectivity index (χ2n) is 8.13. The summed E-state index contributed by atoms with van der Waals surface area (Å²) in [7, 11) is -3.54. The SMILES string of the molecule is Cc1ccc(S(=O)(=O)N2CCN(Cc3cc(=O)oc4c(C)c(O)ccc34)CC2)c(C)c1. The molecule has 164 valence electrons. The zero-order chi connectivity index (χ0) is 22.3. The summed E-state index contributed by atoms with van der Waals surface area (Å²) in [5, 5.41) is 10.7. The fourth-order valence-corrected chi connectivity index (χ4v) is 5.77. The van der Waals surface area contributed by atoms with Crippen molar-refractivity contribution in [1.29, 1.82) is 0 Å². The van der Waals surface area contributed by atoms with Gasteiger partial charge in [-0.3, -0.25) is 4.90 Å². The molecular weight excluding hydrogens is 416 g/mol. The molecular formula is C23H26N2O5S. The molecule has 7 nitrogen and oxygen atoms in total. The van der Waals surface area contributed by atoms with E-state index >= 15 is 0 Å². The van der Waals surface area contributed by atoms with Crippen LogP contribution in [-0.2, 0) is 16.6 Å². The summed E-state index contributed by atoms with van der Waals surface area (Å²) >= 11 is 0. The Hall–Kier alpha value is -2.68. The molecule has 2 aromatic carbocycles. The first-order chi connectivity index (χ1) is 14.7. The van der Waals surface area contributed by atoms with Crippen LogP contribution < -0.4 is 5.63 Å². The molecule has 1 aromatic heterocycles. The number of phenols is 1. The highest BCUT2D eigenvalue weighted by atomic mass is 32.2. The lowest BCUT2D eigenvalue weighted by Crippen LogP contribution is -2.48. The largest absolute Gasteiger partial charge is 0.508 e.